The Labute approximate surface area is 181 Å². The molecule has 0 bridgehead atoms. The van der Waals surface area contributed by atoms with Gasteiger partial charge in [0.15, 0.2) is 0 Å². The molecule has 30 heavy (non-hydrogen) atoms. The number of aromatic nitrogens is 1. The van der Waals surface area contributed by atoms with Crippen LogP contribution in [0.2, 0.25) is 0 Å². The van der Waals surface area contributed by atoms with Crippen molar-refractivity contribution in [3.8, 4) is 27.6 Å². The van der Waals surface area contributed by atoms with Crippen molar-refractivity contribution < 1.29 is 9.15 Å². The van der Waals surface area contributed by atoms with Gasteiger partial charge in [0.25, 0.3) is 0 Å². The first-order valence-electron chi connectivity index (χ1n) is 9.44. The van der Waals surface area contributed by atoms with Crippen molar-refractivity contribution in [1.29, 1.82) is 0 Å². The molecule has 0 N–H and O–H groups in total. The third-order valence-corrected chi connectivity index (χ3v) is 6.52. The van der Waals surface area contributed by atoms with Crippen molar-refractivity contribution in [2.24, 2.45) is 4.99 Å². The van der Waals surface area contributed by atoms with Crippen LogP contribution in [0.25, 0.3) is 32.9 Å². The largest absolute Gasteiger partial charge is 0.497 e. The topological polar surface area (TPSA) is 47.6 Å². The number of rotatable bonds is 4. The third-order valence-electron chi connectivity index (χ3n) is 4.78. The number of fused-ring (bicyclic) bond motifs is 1. The predicted molar refractivity (Wildman–Crippen MR) is 124 cm³/mol. The second-order valence-electron chi connectivity index (χ2n) is 6.71. The van der Waals surface area contributed by atoms with Gasteiger partial charge in [0, 0.05) is 21.9 Å². The van der Waals surface area contributed by atoms with Gasteiger partial charge in [0.05, 0.1) is 23.0 Å². The Balaban J connectivity index is 1.67. The molecular formula is C24H18N2O2S2. The summed E-state index contributed by atoms with van der Waals surface area (Å²) in [5.41, 5.74) is 2.76. The minimum atomic E-state index is 0.743. The summed E-state index contributed by atoms with van der Waals surface area (Å²) >= 11 is 3.30. The van der Waals surface area contributed by atoms with Crippen molar-refractivity contribution in [3.05, 3.63) is 82.3 Å². The smallest absolute Gasteiger partial charge is 0.210 e. The lowest BCUT2D eigenvalue weighted by molar-refractivity contribution is 0.415. The summed E-state index contributed by atoms with van der Waals surface area (Å²) in [6.45, 7) is 2.09. The van der Waals surface area contributed by atoms with Crippen molar-refractivity contribution in [1.82, 2.24) is 4.98 Å². The summed E-state index contributed by atoms with van der Waals surface area (Å²) in [5, 5.41) is 4.61. The van der Waals surface area contributed by atoms with Gasteiger partial charge in [-0.25, -0.2) is 9.98 Å². The van der Waals surface area contributed by atoms with E-state index >= 15 is 0 Å². The van der Waals surface area contributed by atoms with E-state index < -0.39 is 0 Å². The first-order chi connectivity index (χ1) is 14.7. The zero-order chi connectivity index (χ0) is 20.5. The maximum absolute atomic E-state index is 6.17. The van der Waals surface area contributed by atoms with E-state index in [9.17, 15) is 0 Å². The number of nitrogens with zero attached hydrogens (tertiary/aromatic N) is 2. The Morgan fingerprint density at radius 2 is 1.83 bits per heavy atom. The van der Waals surface area contributed by atoms with E-state index in [0.29, 0.717) is 0 Å². The molecule has 3 aromatic heterocycles. The number of thiazole rings is 1. The Morgan fingerprint density at radius 1 is 1.00 bits per heavy atom. The molecule has 0 amide bonds. The lowest BCUT2D eigenvalue weighted by Gasteiger charge is -2.05. The molecule has 0 aliphatic rings. The Hall–Kier alpha value is -3.22. The molecule has 0 fully saturated rings. The van der Waals surface area contributed by atoms with Crippen LogP contribution >= 0.6 is 22.7 Å². The standard InChI is InChI=1S/C24H18N2O2S2/c1-15-23(22-8-5-13-29-22)26-24(30-15)25-19-14-21(16-9-11-17(27-2)12-10-16)28-20-7-4-3-6-18(19)20/h3-14H,1-2H3/b25-19+. The van der Waals surface area contributed by atoms with Gasteiger partial charge in [-0.1, -0.05) is 29.5 Å². The van der Waals surface area contributed by atoms with Crippen LogP contribution in [0.4, 0.5) is 5.13 Å². The maximum atomic E-state index is 6.17. The highest BCUT2D eigenvalue weighted by atomic mass is 32.1. The fraction of sp³-hybridized carbons (Fsp3) is 0.0833. The van der Waals surface area contributed by atoms with Crippen molar-refractivity contribution in [2.45, 2.75) is 6.92 Å². The average molecular weight is 431 g/mol. The van der Waals surface area contributed by atoms with Crippen LogP contribution in [0.5, 0.6) is 5.75 Å². The molecule has 5 aromatic rings. The quantitative estimate of drug-likeness (QED) is 0.314. The van der Waals surface area contributed by atoms with Crippen LogP contribution in [0.1, 0.15) is 4.88 Å². The summed E-state index contributed by atoms with van der Waals surface area (Å²) < 4.78 is 11.4. The van der Waals surface area contributed by atoms with Crippen molar-refractivity contribution in [2.75, 3.05) is 7.11 Å². The first kappa shape index (κ1) is 18.8. The molecule has 0 aliphatic carbocycles. The number of benzene rings is 2. The summed E-state index contributed by atoms with van der Waals surface area (Å²) in [5.74, 6) is 1.56. The van der Waals surface area contributed by atoms with Crippen molar-refractivity contribution >= 4 is 38.8 Å². The summed E-state index contributed by atoms with van der Waals surface area (Å²) in [7, 11) is 1.66. The molecule has 4 nitrogen and oxygen atoms in total. The van der Waals surface area contributed by atoms with Crippen molar-refractivity contribution in [3.63, 3.8) is 0 Å². The van der Waals surface area contributed by atoms with Crippen LogP contribution in [-0.4, -0.2) is 12.1 Å². The van der Waals surface area contributed by atoms with E-state index in [1.54, 1.807) is 29.8 Å². The molecule has 0 aliphatic heterocycles. The van der Waals surface area contributed by atoms with Gasteiger partial charge in [-0.2, -0.15) is 0 Å². The van der Waals surface area contributed by atoms with Crippen LogP contribution < -0.4 is 10.1 Å². The third kappa shape index (κ3) is 3.56. The molecule has 0 saturated carbocycles. The fourth-order valence-electron chi connectivity index (χ4n) is 3.28. The van der Waals surface area contributed by atoms with E-state index in [2.05, 4.69) is 18.4 Å². The highest BCUT2D eigenvalue weighted by Crippen LogP contribution is 2.34. The normalized spacial score (nSPS) is 11.9. The lowest BCUT2D eigenvalue weighted by Crippen LogP contribution is -2.03. The number of para-hydroxylation sites is 1. The Bertz CT molecular complexity index is 1380. The Morgan fingerprint density at radius 3 is 2.60 bits per heavy atom. The molecular weight excluding hydrogens is 412 g/mol. The molecule has 6 heteroatoms. The van der Waals surface area contributed by atoms with Gasteiger partial charge in [-0.15, -0.1) is 11.3 Å². The number of thiophene rings is 1. The van der Waals surface area contributed by atoms with E-state index in [0.717, 1.165) is 54.0 Å². The molecule has 0 saturated heterocycles. The number of hydrogen-bond donors (Lipinski definition) is 0. The van der Waals surface area contributed by atoms with Crippen LogP contribution in [0, 0.1) is 6.92 Å². The second-order valence-corrected chi connectivity index (χ2v) is 8.84. The zero-order valence-corrected chi connectivity index (χ0v) is 18.1. The fourth-order valence-corrected chi connectivity index (χ4v) is 4.93. The Kier molecular flexibility index (Phi) is 4.94. The number of methoxy groups -OCH3 is 1. The van der Waals surface area contributed by atoms with Crippen LogP contribution in [0.15, 0.2) is 81.5 Å². The van der Waals surface area contributed by atoms with Gasteiger partial charge in [0.2, 0.25) is 5.13 Å². The SMILES string of the molecule is COc1ccc(-c2c/c(=N\c3nc(-c4cccs4)c(C)s3)c3ccccc3o2)cc1. The van der Waals surface area contributed by atoms with Gasteiger partial charge in [-0.3, -0.25) is 0 Å². The number of ether oxygens (including phenoxy) is 1. The lowest BCUT2D eigenvalue weighted by atomic mass is 10.1. The summed E-state index contributed by atoms with van der Waals surface area (Å²) in [6, 6.07) is 21.9. The zero-order valence-electron chi connectivity index (χ0n) is 16.5. The maximum Gasteiger partial charge on any atom is 0.210 e. The minimum absolute atomic E-state index is 0.743. The highest BCUT2D eigenvalue weighted by molar-refractivity contribution is 7.17. The van der Waals surface area contributed by atoms with Gasteiger partial charge >= 0.3 is 0 Å². The van der Waals surface area contributed by atoms with E-state index in [1.807, 2.05) is 60.7 Å². The molecule has 5 rings (SSSR count). The van der Waals surface area contributed by atoms with E-state index in [4.69, 9.17) is 19.1 Å². The number of hydrogen-bond acceptors (Lipinski definition) is 6. The minimum Gasteiger partial charge on any atom is -0.497 e. The average Bonchev–Trinajstić information content (AvgIpc) is 3.43. The van der Waals surface area contributed by atoms with Gasteiger partial charge < -0.3 is 9.15 Å². The summed E-state index contributed by atoms with van der Waals surface area (Å²) in [6.07, 6.45) is 0. The molecule has 0 radical (unpaired) electrons. The molecule has 0 unspecified atom stereocenters. The monoisotopic (exact) mass is 430 g/mol. The van der Waals surface area contributed by atoms with E-state index in [-0.39, 0.29) is 0 Å². The predicted octanol–water partition coefficient (Wildman–Crippen LogP) is 6.83. The summed E-state index contributed by atoms with van der Waals surface area (Å²) in [4.78, 5) is 12.0. The molecule has 148 valence electrons. The van der Waals surface area contributed by atoms with Crippen LogP contribution in [-0.2, 0) is 0 Å². The van der Waals surface area contributed by atoms with E-state index in [1.165, 1.54) is 0 Å². The first-order valence-corrected chi connectivity index (χ1v) is 11.1. The molecule has 2 aromatic carbocycles. The second kappa shape index (κ2) is 7.89. The van der Waals surface area contributed by atoms with Crippen LogP contribution in [0.3, 0.4) is 0 Å². The molecule has 0 spiro atoms. The molecule has 3 heterocycles. The van der Waals surface area contributed by atoms with Gasteiger partial charge in [0.1, 0.15) is 17.1 Å². The van der Waals surface area contributed by atoms with Gasteiger partial charge in [-0.05, 0) is 54.8 Å². The number of aryl methyl sites for hydroxylation is 1. The molecule has 0 atom stereocenters. The highest BCUT2D eigenvalue weighted by Gasteiger charge is 2.11.